The van der Waals surface area contributed by atoms with E-state index >= 15 is 0 Å². The van der Waals surface area contributed by atoms with Gasteiger partial charge < -0.3 is 10.1 Å². The van der Waals surface area contributed by atoms with Gasteiger partial charge in [0.25, 0.3) is 0 Å². The lowest BCUT2D eigenvalue weighted by Gasteiger charge is -2.07. The summed E-state index contributed by atoms with van der Waals surface area (Å²) in [6, 6.07) is 4.43. The monoisotopic (exact) mass is 337 g/mol. The maximum absolute atomic E-state index is 13.6. The van der Waals surface area contributed by atoms with Gasteiger partial charge in [0.15, 0.2) is 5.17 Å². The topological polar surface area (TPSA) is 63.1 Å². The van der Waals surface area contributed by atoms with Gasteiger partial charge in [0.05, 0.1) is 18.6 Å². The third-order valence-corrected chi connectivity index (χ3v) is 3.97. The second-order valence-electron chi connectivity index (χ2n) is 5.12. The predicted octanol–water partition coefficient (Wildman–Crippen LogP) is 3.34. The lowest BCUT2D eigenvalue weighted by Crippen LogP contribution is -2.19. The van der Waals surface area contributed by atoms with Gasteiger partial charge in [-0.15, -0.1) is 5.10 Å². The summed E-state index contributed by atoms with van der Waals surface area (Å²) in [4.78, 5) is 11.0. The number of hydrogen-bond donors (Lipinski definition) is 1. The predicted molar refractivity (Wildman–Crippen MR) is 91.7 cm³/mol. The Morgan fingerprint density at radius 3 is 2.96 bits per heavy atom. The lowest BCUT2D eigenvalue weighted by atomic mass is 10.2. The highest BCUT2D eigenvalue weighted by atomic mass is 32.2. The van der Waals surface area contributed by atoms with Crippen LogP contribution < -0.4 is 10.1 Å². The van der Waals surface area contributed by atoms with E-state index in [0.717, 1.165) is 12.8 Å². The Morgan fingerprint density at radius 1 is 1.35 bits per heavy atom. The van der Waals surface area contributed by atoms with Crippen molar-refractivity contribution in [2.45, 2.75) is 32.6 Å². The molecule has 0 saturated carbocycles. The van der Waals surface area contributed by atoms with Crippen molar-refractivity contribution in [3.8, 4) is 5.75 Å². The Balaban J connectivity index is 1.90. The number of nitrogens with one attached hydrogen (secondary N) is 1. The number of unbranched alkanes of at least 4 members (excludes halogenated alkanes) is 3. The fraction of sp³-hybridized carbons (Fsp3) is 0.438. The Kier molecular flexibility index (Phi) is 7.06. The Bertz CT molecular complexity index is 605. The molecule has 1 aliphatic heterocycles. The van der Waals surface area contributed by atoms with Gasteiger partial charge in [-0.1, -0.05) is 37.9 Å². The fourth-order valence-electron chi connectivity index (χ4n) is 1.99. The van der Waals surface area contributed by atoms with E-state index in [-0.39, 0.29) is 11.7 Å². The van der Waals surface area contributed by atoms with Crippen molar-refractivity contribution in [2.24, 2.45) is 10.2 Å². The number of amides is 1. The highest BCUT2D eigenvalue weighted by Crippen LogP contribution is 2.16. The van der Waals surface area contributed by atoms with Crippen LogP contribution in [-0.4, -0.2) is 29.6 Å². The van der Waals surface area contributed by atoms with E-state index in [1.54, 1.807) is 6.07 Å². The molecule has 0 aliphatic carbocycles. The van der Waals surface area contributed by atoms with Crippen LogP contribution in [0.3, 0.4) is 0 Å². The molecule has 2 rings (SSSR count). The molecule has 5 nitrogen and oxygen atoms in total. The molecule has 1 heterocycles. The molecular weight excluding hydrogens is 317 g/mol. The molecule has 0 atom stereocenters. The number of nitrogens with zero attached hydrogens (tertiary/aromatic N) is 2. The molecule has 1 fully saturated rings. The minimum atomic E-state index is -0.381. The van der Waals surface area contributed by atoms with Gasteiger partial charge in [0.2, 0.25) is 5.91 Å². The fourth-order valence-corrected chi connectivity index (χ4v) is 2.62. The van der Waals surface area contributed by atoms with Gasteiger partial charge in [-0.05, 0) is 18.6 Å². The van der Waals surface area contributed by atoms with E-state index in [2.05, 4.69) is 22.4 Å². The summed E-state index contributed by atoms with van der Waals surface area (Å²) < 4.78 is 19.2. The first kappa shape index (κ1) is 17.5. The third kappa shape index (κ3) is 6.40. The minimum absolute atomic E-state index is 0.0894. The second kappa shape index (κ2) is 9.29. The Hall–Kier alpha value is -1.89. The van der Waals surface area contributed by atoms with Gasteiger partial charge in [-0.3, -0.25) is 4.79 Å². The van der Waals surface area contributed by atoms with E-state index < -0.39 is 0 Å². The van der Waals surface area contributed by atoms with Crippen LogP contribution in [0.4, 0.5) is 4.39 Å². The molecule has 0 unspecified atom stereocenters. The summed E-state index contributed by atoms with van der Waals surface area (Å²) in [5, 5.41) is 10.8. The van der Waals surface area contributed by atoms with Crippen molar-refractivity contribution in [3.05, 3.63) is 29.6 Å². The molecule has 7 heteroatoms. The number of amidine groups is 1. The standard InChI is InChI=1S/C16H20FN3O2S/c1-2-3-4-5-6-22-14-8-12(7-13(17)9-14)10-18-20-16-19-15(21)11-23-16/h7-10H,2-6,11H2,1H3,(H,19,20,21). The smallest absolute Gasteiger partial charge is 0.236 e. The minimum Gasteiger partial charge on any atom is -0.493 e. The summed E-state index contributed by atoms with van der Waals surface area (Å²) in [6.45, 7) is 2.73. The molecule has 1 N–H and O–H groups in total. The first-order chi connectivity index (χ1) is 11.2. The average molecular weight is 337 g/mol. The molecular formula is C16H20FN3O2S. The zero-order valence-electron chi connectivity index (χ0n) is 13.0. The SMILES string of the molecule is CCCCCCOc1cc(F)cc(C=NN=C2NC(=O)CS2)c1. The number of ether oxygens (including phenoxy) is 1. The molecule has 0 aromatic heterocycles. The van der Waals surface area contributed by atoms with Gasteiger partial charge in [0.1, 0.15) is 11.6 Å². The molecule has 1 amide bonds. The number of rotatable bonds is 8. The third-order valence-electron chi connectivity index (χ3n) is 3.10. The van der Waals surface area contributed by atoms with Crippen molar-refractivity contribution in [2.75, 3.05) is 12.4 Å². The molecule has 1 aliphatic rings. The second-order valence-corrected chi connectivity index (χ2v) is 6.08. The molecule has 1 aromatic rings. The van der Waals surface area contributed by atoms with Crippen LogP contribution in [0.1, 0.15) is 38.2 Å². The Labute approximate surface area is 139 Å². The maximum Gasteiger partial charge on any atom is 0.236 e. The van der Waals surface area contributed by atoms with Gasteiger partial charge >= 0.3 is 0 Å². The number of hydrogen-bond acceptors (Lipinski definition) is 5. The van der Waals surface area contributed by atoms with Gasteiger partial charge in [-0.25, -0.2) is 4.39 Å². The number of carbonyl (C=O) groups is 1. The van der Waals surface area contributed by atoms with Gasteiger partial charge in [0, 0.05) is 11.6 Å². The van der Waals surface area contributed by atoms with E-state index in [1.807, 2.05) is 0 Å². The lowest BCUT2D eigenvalue weighted by molar-refractivity contribution is -0.116. The summed E-state index contributed by atoms with van der Waals surface area (Å²) in [5.41, 5.74) is 0.562. The molecule has 0 radical (unpaired) electrons. The maximum atomic E-state index is 13.6. The van der Waals surface area contributed by atoms with Crippen LogP contribution in [0.5, 0.6) is 5.75 Å². The number of carbonyl (C=O) groups excluding carboxylic acids is 1. The average Bonchev–Trinajstić information content (AvgIpc) is 2.92. The van der Waals surface area contributed by atoms with Crippen LogP contribution in [-0.2, 0) is 4.79 Å². The first-order valence-corrected chi connectivity index (χ1v) is 8.63. The van der Waals surface area contributed by atoms with Crippen molar-refractivity contribution >= 4 is 29.1 Å². The summed E-state index contributed by atoms with van der Waals surface area (Å²) in [5.74, 6) is 0.367. The highest BCUT2D eigenvalue weighted by molar-refractivity contribution is 8.15. The highest BCUT2D eigenvalue weighted by Gasteiger charge is 2.15. The normalized spacial score (nSPS) is 16.3. The van der Waals surface area contributed by atoms with Crippen molar-refractivity contribution < 1.29 is 13.9 Å². The van der Waals surface area contributed by atoms with E-state index in [1.165, 1.54) is 43.0 Å². The van der Waals surface area contributed by atoms with E-state index in [9.17, 15) is 9.18 Å². The van der Waals surface area contributed by atoms with Crippen molar-refractivity contribution in [1.29, 1.82) is 0 Å². The van der Waals surface area contributed by atoms with Crippen LogP contribution in [0.15, 0.2) is 28.4 Å². The Morgan fingerprint density at radius 2 is 2.22 bits per heavy atom. The van der Waals surface area contributed by atoms with Crippen molar-refractivity contribution in [1.82, 2.24) is 5.32 Å². The zero-order valence-corrected chi connectivity index (χ0v) is 13.9. The summed E-state index contributed by atoms with van der Waals surface area (Å²) in [7, 11) is 0. The number of thioether (sulfide) groups is 1. The molecule has 0 bridgehead atoms. The van der Waals surface area contributed by atoms with Gasteiger partial charge in [-0.2, -0.15) is 5.10 Å². The van der Waals surface area contributed by atoms with Crippen LogP contribution in [0.2, 0.25) is 0 Å². The van der Waals surface area contributed by atoms with Crippen LogP contribution >= 0.6 is 11.8 Å². The van der Waals surface area contributed by atoms with E-state index in [0.29, 0.717) is 28.8 Å². The van der Waals surface area contributed by atoms with Crippen molar-refractivity contribution in [3.63, 3.8) is 0 Å². The van der Waals surface area contributed by atoms with Crippen LogP contribution in [0, 0.1) is 5.82 Å². The summed E-state index contributed by atoms with van der Waals surface area (Å²) in [6.07, 6.45) is 5.85. The molecule has 1 aromatic carbocycles. The zero-order chi connectivity index (χ0) is 16.5. The molecule has 0 spiro atoms. The van der Waals surface area contributed by atoms with Crippen LogP contribution in [0.25, 0.3) is 0 Å². The molecule has 23 heavy (non-hydrogen) atoms. The quantitative estimate of drug-likeness (QED) is 0.449. The summed E-state index contributed by atoms with van der Waals surface area (Å²) >= 11 is 1.29. The number of halogens is 1. The molecule has 124 valence electrons. The largest absolute Gasteiger partial charge is 0.493 e. The number of benzene rings is 1. The molecule has 1 saturated heterocycles. The van der Waals surface area contributed by atoms with E-state index in [4.69, 9.17) is 4.74 Å². The first-order valence-electron chi connectivity index (χ1n) is 7.64.